The molecule has 1 unspecified atom stereocenters. The van der Waals surface area contributed by atoms with Gasteiger partial charge in [0.15, 0.2) is 4.80 Å². The lowest BCUT2D eigenvalue weighted by Gasteiger charge is -2.18. The fourth-order valence-electron chi connectivity index (χ4n) is 3.28. The number of thiazole rings is 1. The maximum absolute atomic E-state index is 5.31. The number of methoxy groups -OCH3 is 1. The van der Waals surface area contributed by atoms with Gasteiger partial charge in [-0.15, -0.1) is 11.3 Å². The monoisotopic (exact) mass is 395 g/mol. The van der Waals surface area contributed by atoms with Crippen molar-refractivity contribution in [1.29, 1.82) is 0 Å². The number of rotatable bonds is 8. The maximum Gasteiger partial charge on any atom is 0.190 e. The topological polar surface area (TPSA) is 39.4 Å². The van der Waals surface area contributed by atoms with Gasteiger partial charge in [0, 0.05) is 17.6 Å². The fourth-order valence-corrected chi connectivity index (χ4v) is 4.30. The Morgan fingerprint density at radius 3 is 2.54 bits per heavy atom. The van der Waals surface area contributed by atoms with Crippen LogP contribution in [-0.2, 0) is 0 Å². The third-order valence-corrected chi connectivity index (χ3v) is 5.68. The Morgan fingerprint density at radius 2 is 1.89 bits per heavy atom. The van der Waals surface area contributed by atoms with Crippen molar-refractivity contribution in [2.24, 2.45) is 10.9 Å². The van der Waals surface area contributed by atoms with Crippen molar-refractivity contribution in [3.8, 4) is 17.0 Å². The van der Waals surface area contributed by atoms with Crippen molar-refractivity contribution in [3.05, 3.63) is 59.0 Å². The number of pyridine rings is 1. The number of aromatic nitrogens is 2. The van der Waals surface area contributed by atoms with E-state index in [4.69, 9.17) is 9.73 Å². The van der Waals surface area contributed by atoms with E-state index in [-0.39, 0.29) is 0 Å². The molecule has 0 radical (unpaired) electrons. The highest BCUT2D eigenvalue weighted by Gasteiger charge is 2.14. The van der Waals surface area contributed by atoms with Crippen LogP contribution in [-0.4, -0.2) is 16.7 Å². The second kappa shape index (κ2) is 9.69. The smallest absolute Gasteiger partial charge is 0.190 e. The standard InChI is InChI=1S/C23H29N3OS/c1-17(2)7-5-8-18(3)26-22(19-10-12-21(27-4)13-11-19)16-28-23(26)25-20-9-6-14-24-15-20/h6,9-18H,5,7-8H2,1-4H3. The van der Waals surface area contributed by atoms with Crippen LogP contribution in [0.5, 0.6) is 5.75 Å². The second-order valence-corrected chi connectivity index (χ2v) is 8.34. The summed E-state index contributed by atoms with van der Waals surface area (Å²) in [4.78, 5) is 10.1. The van der Waals surface area contributed by atoms with Crippen molar-refractivity contribution < 1.29 is 4.74 Å². The van der Waals surface area contributed by atoms with Crippen LogP contribution in [0.3, 0.4) is 0 Å². The zero-order valence-corrected chi connectivity index (χ0v) is 17.9. The van der Waals surface area contributed by atoms with E-state index >= 15 is 0 Å². The normalized spacial score (nSPS) is 13.1. The van der Waals surface area contributed by atoms with E-state index < -0.39 is 0 Å². The summed E-state index contributed by atoms with van der Waals surface area (Å²) in [5.74, 6) is 1.61. The minimum atomic E-state index is 0.373. The molecule has 0 fully saturated rings. The molecule has 0 spiro atoms. The predicted octanol–water partition coefficient (Wildman–Crippen LogP) is 6.24. The third-order valence-electron chi connectivity index (χ3n) is 4.84. The summed E-state index contributed by atoms with van der Waals surface area (Å²) in [6, 6.07) is 12.5. The van der Waals surface area contributed by atoms with Gasteiger partial charge in [0.25, 0.3) is 0 Å². The molecule has 5 heteroatoms. The Morgan fingerprint density at radius 1 is 1.11 bits per heavy atom. The van der Waals surface area contributed by atoms with E-state index in [1.165, 1.54) is 24.1 Å². The Kier molecular flexibility index (Phi) is 7.04. The van der Waals surface area contributed by atoms with Crippen LogP contribution in [0.1, 0.15) is 46.1 Å². The highest BCUT2D eigenvalue weighted by molar-refractivity contribution is 7.07. The first kappa shape index (κ1) is 20.3. The molecule has 3 rings (SSSR count). The molecule has 0 saturated carbocycles. The van der Waals surface area contributed by atoms with Gasteiger partial charge >= 0.3 is 0 Å². The number of hydrogen-bond acceptors (Lipinski definition) is 4. The molecule has 28 heavy (non-hydrogen) atoms. The van der Waals surface area contributed by atoms with E-state index in [0.29, 0.717) is 6.04 Å². The van der Waals surface area contributed by atoms with Crippen LogP contribution in [0.2, 0.25) is 0 Å². The van der Waals surface area contributed by atoms with Gasteiger partial charge in [0.2, 0.25) is 0 Å². The largest absolute Gasteiger partial charge is 0.497 e. The summed E-state index contributed by atoms with van der Waals surface area (Å²) in [5.41, 5.74) is 3.27. The van der Waals surface area contributed by atoms with E-state index in [9.17, 15) is 0 Å². The molecule has 0 saturated heterocycles. The van der Waals surface area contributed by atoms with Crippen molar-refractivity contribution in [3.63, 3.8) is 0 Å². The third kappa shape index (κ3) is 5.10. The highest BCUT2D eigenvalue weighted by atomic mass is 32.1. The van der Waals surface area contributed by atoms with Crippen LogP contribution in [0.25, 0.3) is 11.3 Å². The molecular weight excluding hydrogens is 366 g/mol. The summed E-state index contributed by atoms with van der Waals surface area (Å²) in [6.45, 7) is 6.87. The fraction of sp³-hybridized carbons (Fsp3) is 0.391. The van der Waals surface area contributed by atoms with Gasteiger partial charge in [-0.3, -0.25) is 4.98 Å². The van der Waals surface area contributed by atoms with Gasteiger partial charge in [0.1, 0.15) is 5.75 Å². The Balaban J connectivity index is 2.00. The molecule has 148 valence electrons. The SMILES string of the molecule is COc1ccc(-c2csc(=Nc3cccnc3)n2C(C)CCCC(C)C)cc1. The molecule has 0 N–H and O–H groups in total. The van der Waals surface area contributed by atoms with E-state index in [1.54, 1.807) is 30.8 Å². The van der Waals surface area contributed by atoms with Gasteiger partial charge in [0.05, 0.1) is 24.7 Å². The lowest BCUT2D eigenvalue weighted by molar-refractivity contribution is 0.415. The molecule has 0 aliphatic rings. The first-order valence-electron chi connectivity index (χ1n) is 9.87. The van der Waals surface area contributed by atoms with Gasteiger partial charge < -0.3 is 9.30 Å². The maximum atomic E-state index is 5.31. The van der Waals surface area contributed by atoms with Gasteiger partial charge in [-0.25, -0.2) is 4.99 Å². The van der Waals surface area contributed by atoms with E-state index in [2.05, 4.69) is 47.8 Å². The molecule has 2 aromatic heterocycles. The lowest BCUT2D eigenvalue weighted by atomic mass is 10.0. The Hall–Kier alpha value is -2.40. The number of nitrogens with zero attached hydrogens (tertiary/aromatic N) is 3. The quantitative estimate of drug-likeness (QED) is 0.453. The molecular formula is C23H29N3OS. The molecule has 2 heterocycles. The molecule has 0 aliphatic carbocycles. The Bertz CT molecular complexity index is 926. The first-order chi connectivity index (χ1) is 13.6. The van der Waals surface area contributed by atoms with Crippen LogP contribution < -0.4 is 9.54 Å². The van der Waals surface area contributed by atoms with Crippen LogP contribution in [0.4, 0.5) is 5.69 Å². The first-order valence-corrected chi connectivity index (χ1v) is 10.8. The summed E-state index contributed by atoms with van der Waals surface area (Å²) in [6.07, 6.45) is 7.19. The zero-order chi connectivity index (χ0) is 19.9. The summed E-state index contributed by atoms with van der Waals surface area (Å²) in [5, 5.41) is 2.20. The minimum Gasteiger partial charge on any atom is -0.497 e. The number of ether oxygens (including phenoxy) is 1. The molecule has 0 amide bonds. The van der Waals surface area contributed by atoms with Gasteiger partial charge in [-0.2, -0.15) is 0 Å². The summed E-state index contributed by atoms with van der Waals surface area (Å²) < 4.78 is 7.69. The van der Waals surface area contributed by atoms with Crippen LogP contribution in [0.15, 0.2) is 59.2 Å². The molecule has 4 nitrogen and oxygen atoms in total. The van der Waals surface area contributed by atoms with Crippen molar-refractivity contribution in [1.82, 2.24) is 9.55 Å². The molecule has 1 aromatic carbocycles. The summed E-state index contributed by atoms with van der Waals surface area (Å²) in [7, 11) is 1.70. The number of benzene rings is 1. The highest BCUT2D eigenvalue weighted by Crippen LogP contribution is 2.28. The molecule has 1 atom stereocenters. The van der Waals surface area contributed by atoms with Crippen molar-refractivity contribution in [2.45, 2.75) is 46.1 Å². The van der Waals surface area contributed by atoms with Crippen molar-refractivity contribution >= 4 is 17.0 Å². The molecule has 0 bridgehead atoms. The zero-order valence-electron chi connectivity index (χ0n) is 17.1. The second-order valence-electron chi connectivity index (χ2n) is 7.50. The van der Waals surface area contributed by atoms with E-state index in [0.717, 1.165) is 28.6 Å². The minimum absolute atomic E-state index is 0.373. The van der Waals surface area contributed by atoms with Crippen LogP contribution in [0, 0.1) is 5.92 Å². The average molecular weight is 396 g/mol. The summed E-state index contributed by atoms with van der Waals surface area (Å²) >= 11 is 1.68. The predicted molar refractivity (Wildman–Crippen MR) is 117 cm³/mol. The van der Waals surface area contributed by atoms with Gasteiger partial charge in [-0.1, -0.05) is 26.7 Å². The average Bonchev–Trinajstić information content (AvgIpc) is 3.12. The van der Waals surface area contributed by atoms with Crippen molar-refractivity contribution in [2.75, 3.05) is 7.11 Å². The molecule has 0 aliphatic heterocycles. The van der Waals surface area contributed by atoms with Crippen LogP contribution >= 0.6 is 11.3 Å². The Labute approximate surface area is 171 Å². The molecule has 3 aromatic rings. The van der Waals surface area contributed by atoms with Gasteiger partial charge in [-0.05, 0) is 61.2 Å². The van der Waals surface area contributed by atoms with E-state index in [1.807, 2.05) is 24.3 Å². The lowest BCUT2D eigenvalue weighted by Crippen LogP contribution is -2.20. The number of hydrogen-bond donors (Lipinski definition) is 0.